The van der Waals surface area contributed by atoms with Crippen LogP contribution in [0.1, 0.15) is 31.5 Å². The van der Waals surface area contributed by atoms with Gasteiger partial charge in [-0.1, -0.05) is 0 Å². The second-order valence-corrected chi connectivity index (χ2v) is 5.06. The Morgan fingerprint density at radius 3 is 2.79 bits per heavy atom. The van der Waals surface area contributed by atoms with Gasteiger partial charge in [0.05, 0.1) is 6.54 Å². The summed E-state index contributed by atoms with van der Waals surface area (Å²) in [5, 5.41) is 18.4. The number of nitrogens with zero attached hydrogens (tertiary/aromatic N) is 5. The van der Waals surface area contributed by atoms with E-state index in [4.69, 9.17) is 0 Å². The number of hydrogen-bond donors (Lipinski definition) is 2. The SMILES string of the molecule is CN=C(NCc1nnnn1CC1CC1)NC1CC1.I. The normalized spacial score (nSPS) is 18.9. The van der Waals surface area contributed by atoms with Gasteiger partial charge in [0.15, 0.2) is 11.8 Å². The Kier molecular flexibility index (Phi) is 4.94. The van der Waals surface area contributed by atoms with Gasteiger partial charge in [-0.05, 0) is 42.0 Å². The summed E-state index contributed by atoms with van der Waals surface area (Å²) in [6.07, 6.45) is 5.08. The first kappa shape index (κ1) is 14.5. The molecule has 1 aromatic heterocycles. The van der Waals surface area contributed by atoms with Crippen molar-refractivity contribution in [3.05, 3.63) is 5.82 Å². The molecule has 0 atom stereocenters. The van der Waals surface area contributed by atoms with Crippen molar-refractivity contribution in [1.82, 2.24) is 30.8 Å². The van der Waals surface area contributed by atoms with Gasteiger partial charge in [-0.2, -0.15) is 0 Å². The van der Waals surface area contributed by atoms with E-state index in [1.54, 1.807) is 7.05 Å². The molecule has 19 heavy (non-hydrogen) atoms. The van der Waals surface area contributed by atoms with Crippen LogP contribution < -0.4 is 10.6 Å². The van der Waals surface area contributed by atoms with E-state index >= 15 is 0 Å². The third-order valence-corrected chi connectivity index (χ3v) is 3.29. The van der Waals surface area contributed by atoms with Crippen LogP contribution in [0.5, 0.6) is 0 Å². The lowest BCUT2D eigenvalue weighted by molar-refractivity contribution is 0.519. The summed E-state index contributed by atoms with van der Waals surface area (Å²) in [6, 6.07) is 0.596. The smallest absolute Gasteiger partial charge is 0.191 e. The molecule has 2 aliphatic rings. The van der Waals surface area contributed by atoms with E-state index in [1.807, 2.05) is 4.68 Å². The Morgan fingerprint density at radius 2 is 2.16 bits per heavy atom. The third-order valence-electron chi connectivity index (χ3n) is 3.29. The molecule has 0 saturated heterocycles. The fourth-order valence-electron chi connectivity index (χ4n) is 1.82. The summed E-state index contributed by atoms with van der Waals surface area (Å²) in [4.78, 5) is 4.19. The predicted octanol–water partition coefficient (Wildman–Crippen LogP) is 0.528. The first-order valence-electron chi connectivity index (χ1n) is 6.57. The lowest BCUT2D eigenvalue weighted by Crippen LogP contribution is -2.38. The molecule has 2 fully saturated rings. The summed E-state index contributed by atoms with van der Waals surface area (Å²) in [7, 11) is 1.78. The topological polar surface area (TPSA) is 80.0 Å². The van der Waals surface area contributed by atoms with Gasteiger partial charge in [0, 0.05) is 19.6 Å². The zero-order valence-corrected chi connectivity index (χ0v) is 13.4. The molecule has 0 aromatic carbocycles. The number of aromatic nitrogens is 4. The van der Waals surface area contributed by atoms with Crippen LogP contribution in [0, 0.1) is 5.92 Å². The van der Waals surface area contributed by atoms with Crippen molar-refractivity contribution < 1.29 is 0 Å². The van der Waals surface area contributed by atoms with Gasteiger partial charge in [-0.3, -0.25) is 4.99 Å². The molecule has 0 bridgehead atoms. The molecule has 0 aliphatic heterocycles. The minimum Gasteiger partial charge on any atom is -0.354 e. The third kappa shape index (κ3) is 4.29. The molecule has 1 heterocycles. The van der Waals surface area contributed by atoms with Gasteiger partial charge in [0.25, 0.3) is 0 Å². The lowest BCUT2D eigenvalue weighted by Gasteiger charge is -2.10. The van der Waals surface area contributed by atoms with E-state index in [-0.39, 0.29) is 24.0 Å². The highest BCUT2D eigenvalue weighted by molar-refractivity contribution is 14.0. The van der Waals surface area contributed by atoms with E-state index in [9.17, 15) is 0 Å². The van der Waals surface area contributed by atoms with Gasteiger partial charge >= 0.3 is 0 Å². The Morgan fingerprint density at radius 1 is 1.37 bits per heavy atom. The van der Waals surface area contributed by atoms with Gasteiger partial charge in [0.2, 0.25) is 0 Å². The Bertz CT molecular complexity index is 436. The van der Waals surface area contributed by atoms with Crippen LogP contribution in [0.4, 0.5) is 0 Å². The second kappa shape index (κ2) is 6.49. The summed E-state index contributed by atoms with van der Waals surface area (Å²) >= 11 is 0. The molecule has 0 amide bonds. The molecule has 1 aromatic rings. The first-order chi connectivity index (χ1) is 8.85. The zero-order valence-electron chi connectivity index (χ0n) is 11.0. The van der Waals surface area contributed by atoms with E-state index in [2.05, 4.69) is 31.2 Å². The van der Waals surface area contributed by atoms with Crippen LogP contribution in [0.15, 0.2) is 4.99 Å². The van der Waals surface area contributed by atoms with Crippen LogP contribution in [0.3, 0.4) is 0 Å². The molecule has 2 N–H and O–H groups in total. The summed E-state index contributed by atoms with van der Waals surface area (Å²) in [5.41, 5.74) is 0. The minimum absolute atomic E-state index is 0. The molecular weight excluding hydrogens is 357 g/mol. The highest BCUT2D eigenvalue weighted by Gasteiger charge is 2.24. The average Bonchev–Trinajstić information content (AvgIpc) is 3.27. The van der Waals surface area contributed by atoms with Crippen molar-refractivity contribution in [3.8, 4) is 0 Å². The molecule has 2 saturated carbocycles. The molecule has 7 nitrogen and oxygen atoms in total. The number of rotatable bonds is 5. The van der Waals surface area contributed by atoms with E-state index in [0.717, 1.165) is 24.2 Å². The first-order valence-corrected chi connectivity index (χ1v) is 6.57. The van der Waals surface area contributed by atoms with Gasteiger partial charge in [-0.25, -0.2) is 4.68 Å². The highest BCUT2D eigenvalue weighted by Crippen LogP contribution is 2.30. The number of hydrogen-bond acceptors (Lipinski definition) is 4. The van der Waals surface area contributed by atoms with Crippen molar-refractivity contribution >= 4 is 29.9 Å². The number of halogens is 1. The fourth-order valence-corrected chi connectivity index (χ4v) is 1.82. The van der Waals surface area contributed by atoms with Crippen LogP contribution in [0.2, 0.25) is 0 Å². The predicted molar refractivity (Wildman–Crippen MR) is 82.3 cm³/mol. The van der Waals surface area contributed by atoms with Gasteiger partial charge in [-0.15, -0.1) is 29.1 Å². The quantitative estimate of drug-likeness (QED) is 0.445. The Labute approximate surface area is 129 Å². The van der Waals surface area contributed by atoms with Crippen molar-refractivity contribution in [1.29, 1.82) is 0 Å². The molecule has 0 unspecified atom stereocenters. The van der Waals surface area contributed by atoms with Gasteiger partial charge in [0.1, 0.15) is 0 Å². The Balaban J connectivity index is 0.00000133. The molecular formula is C11H20IN7. The number of tetrazole rings is 1. The maximum absolute atomic E-state index is 4.19. The number of nitrogens with one attached hydrogen (secondary N) is 2. The summed E-state index contributed by atoms with van der Waals surface area (Å²) in [5.74, 6) is 2.48. The number of guanidine groups is 1. The highest BCUT2D eigenvalue weighted by atomic mass is 127. The van der Waals surface area contributed by atoms with Gasteiger partial charge < -0.3 is 10.6 Å². The molecule has 106 valence electrons. The molecule has 0 spiro atoms. The molecule has 2 aliphatic carbocycles. The standard InChI is InChI=1S/C11H19N7.HI/c1-12-11(14-9-4-5-9)13-6-10-15-16-17-18(10)7-8-2-3-8;/h8-9H,2-7H2,1H3,(H2,12,13,14);1H. The maximum Gasteiger partial charge on any atom is 0.191 e. The number of aliphatic imine (C=N–C) groups is 1. The van der Waals surface area contributed by atoms with Crippen LogP contribution >= 0.6 is 24.0 Å². The Hall–Kier alpha value is -0.930. The van der Waals surface area contributed by atoms with Crippen molar-refractivity contribution in [2.45, 2.75) is 44.8 Å². The summed E-state index contributed by atoms with van der Waals surface area (Å²) in [6.45, 7) is 1.56. The van der Waals surface area contributed by atoms with Crippen molar-refractivity contribution in [3.63, 3.8) is 0 Å². The van der Waals surface area contributed by atoms with Crippen LogP contribution in [-0.4, -0.2) is 39.3 Å². The minimum atomic E-state index is 0. The largest absolute Gasteiger partial charge is 0.354 e. The van der Waals surface area contributed by atoms with E-state index in [1.165, 1.54) is 25.7 Å². The van der Waals surface area contributed by atoms with Crippen molar-refractivity contribution in [2.24, 2.45) is 10.9 Å². The fraction of sp³-hybridized carbons (Fsp3) is 0.818. The monoisotopic (exact) mass is 377 g/mol. The molecule has 8 heteroatoms. The average molecular weight is 377 g/mol. The zero-order chi connectivity index (χ0) is 12.4. The van der Waals surface area contributed by atoms with Crippen LogP contribution in [-0.2, 0) is 13.1 Å². The van der Waals surface area contributed by atoms with E-state index in [0.29, 0.717) is 12.6 Å². The molecule has 0 radical (unpaired) electrons. The lowest BCUT2D eigenvalue weighted by atomic mass is 10.4. The van der Waals surface area contributed by atoms with Crippen LogP contribution in [0.25, 0.3) is 0 Å². The maximum atomic E-state index is 4.19. The molecule has 3 rings (SSSR count). The second-order valence-electron chi connectivity index (χ2n) is 5.06. The summed E-state index contributed by atoms with van der Waals surface area (Å²) < 4.78 is 1.90. The van der Waals surface area contributed by atoms with E-state index < -0.39 is 0 Å². The van der Waals surface area contributed by atoms with Crippen molar-refractivity contribution in [2.75, 3.05) is 7.05 Å².